The highest BCUT2D eigenvalue weighted by Crippen LogP contribution is 2.35. The molecule has 11 nitrogen and oxygen atoms in total. The van der Waals surface area contributed by atoms with Gasteiger partial charge >= 0.3 is 17.9 Å². The van der Waals surface area contributed by atoms with Crippen molar-refractivity contribution in [1.29, 1.82) is 0 Å². The Hall–Kier alpha value is -4.03. The molecule has 0 spiro atoms. The van der Waals surface area contributed by atoms with Crippen molar-refractivity contribution >= 4 is 29.5 Å². The van der Waals surface area contributed by atoms with Gasteiger partial charge in [-0.05, 0) is 63.4 Å². The number of alkyl halides is 1. The van der Waals surface area contributed by atoms with Crippen molar-refractivity contribution in [2.75, 3.05) is 45.3 Å². The number of carbonyl (C=O) groups is 4. The number of nitrogens with zero attached hydrogens (tertiary/aromatic N) is 2. The van der Waals surface area contributed by atoms with Gasteiger partial charge in [-0.1, -0.05) is 55.3 Å². The highest BCUT2D eigenvalue weighted by atomic mass is 19.1. The van der Waals surface area contributed by atoms with Gasteiger partial charge in [0.15, 0.2) is 12.2 Å². The summed E-state index contributed by atoms with van der Waals surface area (Å²) < 4.78 is 36.7. The molecule has 12 heteroatoms. The number of halogens is 1. The van der Waals surface area contributed by atoms with Gasteiger partial charge in [-0.3, -0.25) is 9.59 Å². The maximum absolute atomic E-state index is 14.5. The summed E-state index contributed by atoms with van der Waals surface area (Å²) >= 11 is 0. The van der Waals surface area contributed by atoms with Crippen LogP contribution in [0.3, 0.4) is 0 Å². The van der Waals surface area contributed by atoms with E-state index in [4.69, 9.17) is 18.9 Å². The lowest BCUT2D eigenvalue weighted by Crippen LogP contribution is -2.51. The van der Waals surface area contributed by atoms with Gasteiger partial charge in [0.1, 0.15) is 24.4 Å². The molecule has 2 aliphatic rings. The van der Waals surface area contributed by atoms with Crippen LogP contribution in [-0.2, 0) is 51.2 Å². The minimum Gasteiger partial charge on any atom is -0.458 e. The number of anilines is 1. The summed E-state index contributed by atoms with van der Waals surface area (Å²) in [5, 5.41) is 2.79. The SMILES string of the molecule is CN[C@@H](CC(C)(C)F)C(=O)O[C@H](Cc1ccc(N2CCOCC2)cc1)C(=O)N(C)[C@@H](CC1CC1)C(=O)O[C@H](C)C(=O)OCc1ccccc1. The van der Waals surface area contributed by atoms with Crippen LogP contribution in [0.4, 0.5) is 10.1 Å². The summed E-state index contributed by atoms with van der Waals surface area (Å²) in [6.45, 7) is 6.99. The van der Waals surface area contributed by atoms with E-state index in [1.54, 1.807) is 0 Å². The van der Waals surface area contributed by atoms with Gasteiger partial charge in [0.05, 0.1) is 13.2 Å². The van der Waals surface area contributed by atoms with E-state index in [2.05, 4.69) is 10.2 Å². The molecule has 1 aliphatic carbocycles. The van der Waals surface area contributed by atoms with E-state index in [0.29, 0.717) is 19.6 Å². The number of amides is 1. The first-order chi connectivity index (χ1) is 23.3. The molecule has 2 aromatic rings. The van der Waals surface area contributed by atoms with Crippen molar-refractivity contribution in [2.45, 2.75) is 89.4 Å². The van der Waals surface area contributed by atoms with Crippen molar-refractivity contribution in [3.8, 4) is 0 Å². The van der Waals surface area contributed by atoms with E-state index in [0.717, 1.165) is 42.7 Å². The zero-order chi connectivity index (χ0) is 35.6. The predicted molar refractivity (Wildman–Crippen MR) is 181 cm³/mol. The number of hydrogen-bond donors (Lipinski definition) is 1. The molecule has 1 saturated carbocycles. The average molecular weight is 684 g/mol. The number of nitrogens with one attached hydrogen (secondary N) is 1. The molecule has 49 heavy (non-hydrogen) atoms. The molecule has 1 amide bonds. The predicted octanol–water partition coefficient (Wildman–Crippen LogP) is 4.01. The Labute approximate surface area is 288 Å². The highest BCUT2D eigenvalue weighted by molar-refractivity contribution is 5.90. The van der Waals surface area contributed by atoms with Gasteiger partial charge in [-0.15, -0.1) is 0 Å². The molecule has 0 aromatic heterocycles. The van der Waals surface area contributed by atoms with Crippen LogP contribution >= 0.6 is 0 Å². The van der Waals surface area contributed by atoms with Crippen LogP contribution in [0.5, 0.6) is 0 Å². The largest absolute Gasteiger partial charge is 0.458 e. The standard InChI is InChI=1S/C37H50FN3O8/c1-25(34(43)47-24-28-9-7-6-8-10-28)48-36(45)31(21-26-11-12-26)40(5)33(42)32(49-35(44)30(39-4)23-37(2,3)38)22-27-13-15-29(16-14-27)41-17-19-46-20-18-41/h6-10,13-16,25-26,30-32,39H,11-12,17-24H2,1-5H3/t25-,30+,31+,32-/m1/s1. The third-order valence-corrected chi connectivity index (χ3v) is 8.78. The highest BCUT2D eigenvalue weighted by Gasteiger charge is 2.40. The molecular weight excluding hydrogens is 633 g/mol. The Kier molecular flexibility index (Phi) is 13.6. The van der Waals surface area contributed by atoms with Crippen LogP contribution in [0.15, 0.2) is 54.6 Å². The van der Waals surface area contributed by atoms with E-state index in [1.807, 2.05) is 54.6 Å². The number of hydrogen-bond acceptors (Lipinski definition) is 10. The number of carbonyl (C=O) groups excluding carboxylic acids is 4. The molecule has 0 bridgehead atoms. The van der Waals surface area contributed by atoms with Gasteiger partial charge in [-0.2, -0.15) is 0 Å². The summed E-state index contributed by atoms with van der Waals surface area (Å²) in [5.41, 5.74) is 0.863. The van der Waals surface area contributed by atoms with E-state index in [-0.39, 0.29) is 25.4 Å². The summed E-state index contributed by atoms with van der Waals surface area (Å²) in [7, 11) is 3.00. The second-order valence-corrected chi connectivity index (χ2v) is 13.5. The monoisotopic (exact) mass is 683 g/mol. The van der Waals surface area contributed by atoms with Crippen LogP contribution in [0, 0.1) is 5.92 Å². The number of benzene rings is 2. The maximum Gasteiger partial charge on any atom is 0.347 e. The molecule has 4 rings (SSSR count). The number of ether oxygens (including phenoxy) is 4. The maximum atomic E-state index is 14.5. The fraction of sp³-hybridized carbons (Fsp3) is 0.568. The molecule has 0 radical (unpaired) electrons. The van der Waals surface area contributed by atoms with E-state index < -0.39 is 53.8 Å². The fourth-order valence-corrected chi connectivity index (χ4v) is 5.68. The van der Waals surface area contributed by atoms with E-state index >= 15 is 0 Å². The Balaban J connectivity index is 1.49. The Morgan fingerprint density at radius 1 is 0.959 bits per heavy atom. The van der Waals surface area contributed by atoms with E-state index in [1.165, 1.54) is 39.8 Å². The van der Waals surface area contributed by atoms with Crippen molar-refractivity contribution in [3.63, 3.8) is 0 Å². The van der Waals surface area contributed by atoms with Gasteiger partial charge in [0, 0.05) is 38.7 Å². The van der Waals surface area contributed by atoms with Crippen molar-refractivity contribution in [2.24, 2.45) is 5.92 Å². The second kappa shape index (κ2) is 17.6. The van der Waals surface area contributed by atoms with Gasteiger partial charge < -0.3 is 34.1 Å². The minimum atomic E-state index is -1.67. The number of esters is 3. The third-order valence-electron chi connectivity index (χ3n) is 8.78. The lowest BCUT2D eigenvalue weighted by atomic mass is 10.0. The molecule has 1 N–H and O–H groups in total. The quantitative estimate of drug-likeness (QED) is 0.193. The second-order valence-electron chi connectivity index (χ2n) is 13.5. The number of rotatable bonds is 17. The van der Waals surface area contributed by atoms with Crippen LogP contribution in [-0.4, -0.2) is 99.1 Å². The molecule has 1 heterocycles. The first-order valence-corrected chi connectivity index (χ1v) is 17.0. The molecule has 1 aliphatic heterocycles. The average Bonchev–Trinajstić information content (AvgIpc) is 3.92. The first kappa shape index (κ1) is 37.8. The molecule has 1 saturated heterocycles. The Morgan fingerprint density at radius 3 is 2.20 bits per heavy atom. The zero-order valence-corrected chi connectivity index (χ0v) is 29.2. The number of likely N-dealkylation sites (N-methyl/N-ethyl adjacent to an activating group) is 2. The summed E-state index contributed by atoms with van der Waals surface area (Å²) in [5.74, 6) is -2.64. The summed E-state index contributed by atoms with van der Waals surface area (Å²) in [6, 6.07) is 14.7. The lowest BCUT2D eigenvalue weighted by molar-refractivity contribution is -0.174. The molecule has 268 valence electrons. The molecular formula is C37H50FN3O8. The lowest BCUT2D eigenvalue weighted by Gasteiger charge is -2.31. The summed E-state index contributed by atoms with van der Waals surface area (Å²) in [4.78, 5) is 57.2. The topological polar surface area (TPSA) is 124 Å². The molecule has 0 unspecified atom stereocenters. The normalized spacial score (nSPS) is 17.3. The van der Waals surface area contributed by atoms with Crippen molar-refractivity contribution in [1.82, 2.24) is 10.2 Å². The van der Waals surface area contributed by atoms with Gasteiger partial charge in [0.2, 0.25) is 0 Å². The van der Waals surface area contributed by atoms with Gasteiger partial charge in [-0.25, -0.2) is 14.0 Å². The van der Waals surface area contributed by atoms with Crippen LogP contribution in [0.2, 0.25) is 0 Å². The summed E-state index contributed by atoms with van der Waals surface area (Å²) in [6.07, 6.45) is -0.525. The Bertz CT molecular complexity index is 1390. The van der Waals surface area contributed by atoms with Crippen LogP contribution in [0.1, 0.15) is 57.6 Å². The smallest absolute Gasteiger partial charge is 0.347 e. The van der Waals surface area contributed by atoms with Crippen molar-refractivity contribution in [3.05, 3.63) is 65.7 Å². The van der Waals surface area contributed by atoms with Crippen LogP contribution in [0.25, 0.3) is 0 Å². The van der Waals surface area contributed by atoms with E-state index in [9.17, 15) is 23.6 Å². The molecule has 4 atom stereocenters. The first-order valence-electron chi connectivity index (χ1n) is 17.0. The fourth-order valence-electron chi connectivity index (χ4n) is 5.68. The zero-order valence-electron chi connectivity index (χ0n) is 29.2. The van der Waals surface area contributed by atoms with Gasteiger partial charge in [0.25, 0.3) is 5.91 Å². The molecule has 2 aromatic carbocycles. The molecule has 2 fully saturated rings. The van der Waals surface area contributed by atoms with Crippen molar-refractivity contribution < 1.29 is 42.5 Å². The number of morpholine rings is 1. The third kappa shape index (κ3) is 11.8. The minimum absolute atomic E-state index is 0.0269. The van der Waals surface area contributed by atoms with Crippen LogP contribution < -0.4 is 10.2 Å². The Morgan fingerprint density at radius 2 is 1.61 bits per heavy atom.